The first-order valence-corrected chi connectivity index (χ1v) is 6.66. The molecule has 2 heteroatoms. The fourth-order valence-corrected chi connectivity index (χ4v) is 1.82. The third-order valence-corrected chi connectivity index (χ3v) is 2.81. The summed E-state index contributed by atoms with van der Waals surface area (Å²) in [6, 6.07) is 16.0. The highest BCUT2D eigenvalue weighted by Crippen LogP contribution is 2.14. The molecule has 0 aromatic heterocycles. The van der Waals surface area contributed by atoms with Gasteiger partial charge >= 0.3 is 0 Å². The van der Waals surface area contributed by atoms with Gasteiger partial charge < -0.3 is 9.84 Å². The highest BCUT2D eigenvalue weighted by Gasteiger charge is 1.96. The minimum absolute atomic E-state index is 0.102. The molecule has 20 heavy (non-hydrogen) atoms. The molecule has 0 unspecified atom stereocenters. The lowest BCUT2D eigenvalue weighted by Crippen LogP contribution is -1.95. The third-order valence-electron chi connectivity index (χ3n) is 2.81. The minimum atomic E-state index is 0.102. The van der Waals surface area contributed by atoms with E-state index in [1.165, 1.54) is 5.56 Å². The molecule has 0 spiro atoms. The van der Waals surface area contributed by atoms with Gasteiger partial charge in [-0.15, -0.1) is 0 Å². The second kappa shape index (κ2) is 7.37. The summed E-state index contributed by atoms with van der Waals surface area (Å²) < 4.78 is 5.74. The van der Waals surface area contributed by atoms with Gasteiger partial charge in [-0.3, -0.25) is 0 Å². The van der Waals surface area contributed by atoms with E-state index >= 15 is 0 Å². The molecule has 0 aliphatic rings. The Kier molecular flexibility index (Phi) is 5.23. The van der Waals surface area contributed by atoms with E-state index in [2.05, 4.69) is 37.0 Å². The molecule has 0 aliphatic carbocycles. The average molecular weight is 266 g/mol. The number of aliphatic hydroxyl groups excluding tert-OH is 1. The van der Waals surface area contributed by atoms with Crippen LogP contribution in [0.5, 0.6) is 5.75 Å². The maximum absolute atomic E-state index is 8.66. The predicted molar refractivity (Wildman–Crippen MR) is 80.5 cm³/mol. The second-order valence-electron chi connectivity index (χ2n) is 4.58. The molecule has 0 radical (unpaired) electrons. The molecule has 0 bridgehead atoms. The van der Waals surface area contributed by atoms with Crippen LogP contribution in [0.25, 0.3) is 0 Å². The maximum Gasteiger partial charge on any atom is 0.119 e. The molecule has 0 amide bonds. The molecule has 1 N–H and O–H groups in total. The zero-order chi connectivity index (χ0) is 14.2. The average Bonchev–Trinajstić information content (AvgIpc) is 2.47. The summed E-state index contributed by atoms with van der Waals surface area (Å²) >= 11 is 0. The van der Waals surface area contributed by atoms with Gasteiger partial charge in [-0.25, -0.2) is 0 Å². The molecule has 102 valence electrons. The van der Waals surface area contributed by atoms with Crippen molar-refractivity contribution in [2.24, 2.45) is 0 Å². The van der Waals surface area contributed by atoms with Crippen molar-refractivity contribution in [2.45, 2.75) is 20.0 Å². The summed E-state index contributed by atoms with van der Waals surface area (Å²) in [5.74, 6) is 6.72. The van der Waals surface area contributed by atoms with Crippen LogP contribution in [0.15, 0.2) is 48.5 Å². The first kappa shape index (κ1) is 14.2. The highest BCUT2D eigenvalue weighted by atomic mass is 16.5. The van der Waals surface area contributed by atoms with Crippen molar-refractivity contribution in [3.05, 3.63) is 65.2 Å². The van der Waals surface area contributed by atoms with Crippen molar-refractivity contribution in [3.63, 3.8) is 0 Å². The van der Waals surface area contributed by atoms with Crippen LogP contribution in [-0.2, 0) is 6.61 Å². The molecule has 2 aromatic rings. The maximum atomic E-state index is 8.66. The Hall–Kier alpha value is -2.24. The van der Waals surface area contributed by atoms with Gasteiger partial charge in [-0.2, -0.15) is 0 Å². The quantitative estimate of drug-likeness (QED) is 0.860. The summed E-state index contributed by atoms with van der Waals surface area (Å²) in [6.07, 6.45) is 0.506. The van der Waals surface area contributed by atoms with E-state index in [-0.39, 0.29) is 6.61 Å². The van der Waals surface area contributed by atoms with E-state index in [0.717, 1.165) is 16.9 Å². The highest BCUT2D eigenvalue weighted by molar-refractivity contribution is 5.38. The fourth-order valence-electron chi connectivity index (χ4n) is 1.82. The summed E-state index contributed by atoms with van der Waals surface area (Å²) in [5, 5.41) is 8.66. The normalized spacial score (nSPS) is 9.70. The summed E-state index contributed by atoms with van der Waals surface area (Å²) in [7, 11) is 0. The lowest BCUT2D eigenvalue weighted by atomic mass is 10.1. The summed E-state index contributed by atoms with van der Waals surface area (Å²) in [4.78, 5) is 0. The van der Waals surface area contributed by atoms with Crippen molar-refractivity contribution in [1.29, 1.82) is 0 Å². The number of rotatable bonds is 4. The number of benzene rings is 2. The van der Waals surface area contributed by atoms with Crippen LogP contribution in [0.4, 0.5) is 0 Å². The smallest absolute Gasteiger partial charge is 0.119 e. The number of aryl methyl sites for hydroxylation is 1. The Balaban J connectivity index is 1.93. The molecule has 2 nitrogen and oxygen atoms in total. The second-order valence-corrected chi connectivity index (χ2v) is 4.58. The molecule has 0 saturated carbocycles. The van der Waals surface area contributed by atoms with Gasteiger partial charge in [0.15, 0.2) is 0 Å². The first-order chi connectivity index (χ1) is 9.78. The third kappa shape index (κ3) is 4.46. The lowest BCUT2D eigenvalue weighted by molar-refractivity contribution is 0.305. The number of ether oxygens (including phenoxy) is 1. The summed E-state index contributed by atoms with van der Waals surface area (Å²) in [6.45, 7) is 2.74. The Morgan fingerprint density at radius 3 is 2.60 bits per heavy atom. The fraction of sp³-hybridized carbons (Fsp3) is 0.222. The minimum Gasteiger partial charge on any atom is -0.489 e. The van der Waals surface area contributed by atoms with Crippen LogP contribution in [0.3, 0.4) is 0 Å². The van der Waals surface area contributed by atoms with Crippen LogP contribution in [0.2, 0.25) is 0 Å². The molecule has 0 fully saturated rings. The number of hydrogen-bond acceptors (Lipinski definition) is 2. The van der Waals surface area contributed by atoms with Gasteiger partial charge in [0.05, 0.1) is 6.61 Å². The van der Waals surface area contributed by atoms with Gasteiger partial charge in [-0.1, -0.05) is 41.7 Å². The Bertz CT molecular complexity index is 603. The Morgan fingerprint density at radius 1 is 1.10 bits per heavy atom. The monoisotopic (exact) mass is 266 g/mol. The van der Waals surface area contributed by atoms with Gasteiger partial charge in [-0.05, 0) is 36.8 Å². The van der Waals surface area contributed by atoms with E-state index in [9.17, 15) is 0 Å². The SMILES string of the molecule is Cc1cccc(COc2ccc(C#CCCO)cc2)c1. The largest absolute Gasteiger partial charge is 0.489 e. The van der Waals surface area contributed by atoms with Crippen molar-refractivity contribution in [1.82, 2.24) is 0 Å². The van der Waals surface area contributed by atoms with Gasteiger partial charge in [0.1, 0.15) is 12.4 Å². The molecular formula is C18H18O2. The molecule has 0 atom stereocenters. The van der Waals surface area contributed by atoms with E-state index in [1.807, 2.05) is 30.3 Å². The zero-order valence-corrected chi connectivity index (χ0v) is 11.6. The molecule has 0 heterocycles. The number of aliphatic hydroxyl groups is 1. The first-order valence-electron chi connectivity index (χ1n) is 6.66. The topological polar surface area (TPSA) is 29.5 Å². The van der Waals surface area contributed by atoms with Crippen molar-refractivity contribution in [2.75, 3.05) is 6.61 Å². The van der Waals surface area contributed by atoms with Crippen molar-refractivity contribution >= 4 is 0 Å². The summed E-state index contributed by atoms with van der Waals surface area (Å²) in [5.41, 5.74) is 3.33. The van der Waals surface area contributed by atoms with Gasteiger partial charge in [0.2, 0.25) is 0 Å². The van der Waals surface area contributed by atoms with Crippen LogP contribution < -0.4 is 4.74 Å². The number of hydrogen-bond donors (Lipinski definition) is 1. The van der Waals surface area contributed by atoms with E-state index < -0.39 is 0 Å². The van der Waals surface area contributed by atoms with E-state index in [0.29, 0.717) is 13.0 Å². The molecule has 0 saturated heterocycles. The Morgan fingerprint density at radius 2 is 1.90 bits per heavy atom. The van der Waals surface area contributed by atoms with Crippen molar-refractivity contribution in [3.8, 4) is 17.6 Å². The van der Waals surface area contributed by atoms with E-state index in [1.54, 1.807) is 0 Å². The zero-order valence-electron chi connectivity index (χ0n) is 11.6. The standard InChI is InChI=1S/C18H18O2/c1-15-5-4-7-17(13-15)14-20-18-10-8-16(9-11-18)6-2-3-12-19/h4-5,7-11,13,19H,3,12,14H2,1H3. The molecular weight excluding hydrogens is 248 g/mol. The van der Waals surface area contributed by atoms with Crippen molar-refractivity contribution < 1.29 is 9.84 Å². The molecule has 0 aliphatic heterocycles. The van der Waals surface area contributed by atoms with Gasteiger partial charge in [0, 0.05) is 12.0 Å². The predicted octanol–water partition coefficient (Wildman–Crippen LogP) is 3.31. The van der Waals surface area contributed by atoms with Gasteiger partial charge in [0.25, 0.3) is 0 Å². The Labute approximate surface area is 120 Å². The molecule has 2 rings (SSSR count). The lowest BCUT2D eigenvalue weighted by Gasteiger charge is -2.06. The van der Waals surface area contributed by atoms with Crippen LogP contribution in [-0.4, -0.2) is 11.7 Å². The van der Waals surface area contributed by atoms with E-state index in [4.69, 9.17) is 9.84 Å². The van der Waals surface area contributed by atoms with Crippen LogP contribution in [0.1, 0.15) is 23.1 Å². The molecule has 2 aromatic carbocycles. The van der Waals surface area contributed by atoms with Crippen LogP contribution >= 0.6 is 0 Å². The van der Waals surface area contributed by atoms with Crippen LogP contribution in [0, 0.1) is 18.8 Å².